The molecule has 0 aliphatic rings. The third-order valence-electron chi connectivity index (χ3n) is 2.65. The lowest BCUT2D eigenvalue weighted by molar-refractivity contribution is 1.35. The lowest BCUT2D eigenvalue weighted by Gasteiger charge is -2.20. The summed E-state index contributed by atoms with van der Waals surface area (Å²) < 4.78 is 2.21. The minimum atomic E-state index is 1.25. The molecule has 2 rings (SSSR count). The summed E-state index contributed by atoms with van der Waals surface area (Å²) in [5, 5.41) is 0. The molecule has 2 aromatic carbocycles. The smallest absolute Gasteiger partial charge is 0.0646 e. The van der Waals surface area contributed by atoms with Gasteiger partial charge in [0.15, 0.2) is 0 Å². The molecule has 0 saturated heterocycles. The summed E-state index contributed by atoms with van der Waals surface area (Å²) in [6.07, 6.45) is 0. The number of rotatable bonds is 2. The Labute approximate surface area is 111 Å². The van der Waals surface area contributed by atoms with Gasteiger partial charge < -0.3 is 0 Å². The maximum atomic E-state index is 2.36. The highest BCUT2D eigenvalue weighted by Crippen LogP contribution is 2.33. The first-order valence-corrected chi connectivity index (χ1v) is 6.24. The van der Waals surface area contributed by atoms with Crippen LogP contribution >= 0.6 is 22.9 Å². The van der Waals surface area contributed by atoms with Gasteiger partial charge in [-0.2, -0.15) is 0 Å². The second kappa shape index (κ2) is 4.87. The molecule has 0 N–H and O–H groups in total. The predicted molar refractivity (Wildman–Crippen MR) is 78.5 cm³/mol. The van der Waals surface area contributed by atoms with Gasteiger partial charge in [0.25, 0.3) is 0 Å². The first-order valence-electron chi connectivity index (χ1n) is 5.27. The van der Waals surface area contributed by atoms with Crippen molar-refractivity contribution in [2.45, 2.75) is 13.8 Å². The van der Waals surface area contributed by atoms with Gasteiger partial charge in [0.1, 0.15) is 0 Å². The zero-order chi connectivity index (χ0) is 11.5. The summed E-state index contributed by atoms with van der Waals surface area (Å²) in [4.78, 5) is 0. The first kappa shape index (κ1) is 11.5. The lowest BCUT2D eigenvalue weighted by atomic mass is 10.1. The first-order chi connectivity index (χ1) is 7.70. The molecule has 0 aromatic heterocycles. The largest absolute Gasteiger partial charge is 0.282 e. The zero-order valence-electron chi connectivity index (χ0n) is 9.44. The van der Waals surface area contributed by atoms with Crippen molar-refractivity contribution < 1.29 is 0 Å². The number of nitrogens with zero attached hydrogens (tertiary/aromatic N) is 1. The van der Waals surface area contributed by atoms with Gasteiger partial charge in [-0.25, -0.2) is 0 Å². The van der Waals surface area contributed by atoms with E-state index in [2.05, 4.69) is 88.4 Å². The Morgan fingerprint density at radius 2 is 1.12 bits per heavy atom. The van der Waals surface area contributed by atoms with Crippen LogP contribution in [0, 0.1) is 13.8 Å². The molecule has 0 bridgehead atoms. The number of benzene rings is 2. The highest BCUT2D eigenvalue weighted by molar-refractivity contribution is 14.1. The average molecular weight is 323 g/mol. The van der Waals surface area contributed by atoms with Crippen LogP contribution in [-0.4, -0.2) is 0 Å². The predicted octanol–water partition coefficient (Wildman–Crippen LogP) is 4.79. The van der Waals surface area contributed by atoms with E-state index in [9.17, 15) is 0 Å². The van der Waals surface area contributed by atoms with E-state index in [1.807, 2.05) is 0 Å². The van der Waals surface area contributed by atoms with Gasteiger partial charge in [-0.15, -0.1) is 0 Å². The molecule has 0 heterocycles. The van der Waals surface area contributed by atoms with Gasteiger partial charge in [-0.05, 0) is 37.1 Å². The molecule has 16 heavy (non-hydrogen) atoms. The number of anilines is 2. The molecule has 2 aromatic rings. The quantitative estimate of drug-likeness (QED) is 0.567. The summed E-state index contributed by atoms with van der Waals surface area (Å²) in [6, 6.07) is 16.9. The molecule has 0 amide bonds. The Kier molecular flexibility index (Phi) is 3.49. The van der Waals surface area contributed by atoms with E-state index < -0.39 is 0 Å². The maximum absolute atomic E-state index is 2.36. The van der Waals surface area contributed by atoms with Crippen LogP contribution in [0.3, 0.4) is 0 Å². The van der Waals surface area contributed by atoms with Crippen LogP contribution in [-0.2, 0) is 0 Å². The van der Waals surface area contributed by atoms with E-state index in [-0.39, 0.29) is 0 Å². The van der Waals surface area contributed by atoms with Crippen molar-refractivity contribution in [2.24, 2.45) is 0 Å². The molecule has 0 radical (unpaired) electrons. The van der Waals surface area contributed by atoms with E-state index in [0.717, 1.165) is 0 Å². The van der Waals surface area contributed by atoms with E-state index in [1.165, 1.54) is 22.5 Å². The highest BCUT2D eigenvalue weighted by Gasteiger charge is 2.09. The molecule has 0 unspecified atom stereocenters. The normalized spacial score (nSPS) is 10.2. The molecular weight excluding hydrogens is 309 g/mol. The minimum Gasteiger partial charge on any atom is -0.282 e. The van der Waals surface area contributed by atoms with Crippen molar-refractivity contribution in [1.29, 1.82) is 0 Å². The van der Waals surface area contributed by atoms with Crippen molar-refractivity contribution in [2.75, 3.05) is 3.11 Å². The van der Waals surface area contributed by atoms with Crippen molar-refractivity contribution in [3.63, 3.8) is 0 Å². The van der Waals surface area contributed by atoms with Crippen molar-refractivity contribution in [3.8, 4) is 0 Å². The van der Waals surface area contributed by atoms with Crippen LogP contribution in [0.15, 0.2) is 48.5 Å². The van der Waals surface area contributed by atoms with Crippen LogP contribution in [0.25, 0.3) is 0 Å². The molecule has 0 fully saturated rings. The van der Waals surface area contributed by atoms with Gasteiger partial charge in [-0.1, -0.05) is 36.4 Å². The molecule has 0 atom stereocenters. The van der Waals surface area contributed by atoms with Crippen molar-refractivity contribution in [1.82, 2.24) is 0 Å². The molecule has 0 aliphatic carbocycles. The Balaban J connectivity index is 2.44. The molecule has 0 spiro atoms. The van der Waals surface area contributed by atoms with Crippen molar-refractivity contribution >= 4 is 34.2 Å². The van der Waals surface area contributed by atoms with Crippen LogP contribution in [0.5, 0.6) is 0 Å². The SMILES string of the molecule is Cc1ccccc1N(I)c1ccccc1C. The number of aryl methyl sites for hydroxylation is 2. The Hall–Kier alpha value is -1.03. The third kappa shape index (κ3) is 2.21. The van der Waals surface area contributed by atoms with E-state index in [0.29, 0.717) is 0 Å². The van der Waals surface area contributed by atoms with Crippen LogP contribution < -0.4 is 3.11 Å². The topological polar surface area (TPSA) is 3.24 Å². The Morgan fingerprint density at radius 1 is 0.750 bits per heavy atom. The van der Waals surface area contributed by atoms with Crippen LogP contribution in [0.1, 0.15) is 11.1 Å². The van der Waals surface area contributed by atoms with Gasteiger partial charge in [0, 0.05) is 0 Å². The fourth-order valence-electron chi connectivity index (χ4n) is 1.70. The fraction of sp³-hybridized carbons (Fsp3) is 0.143. The van der Waals surface area contributed by atoms with E-state index >= 15 is 0 Å². The number of para-hydroxylation sites is 2. The highest BCUT2D eigenvalue weighted by atomic mass is 127. The second-order valence-electron chi connectivity index (χ2n) is 3.85. The Morgan fingerprint density at radius 3 is 1.50 bits per heavy atom. The molecule has 0 aliphatic heterocycles. The molecular formula is C14H14IN. The number of hydrogen-bond acceptors (Lipinski definition) is 1. The van der Waals surface area contributed by atoms with Gasteiger partial charge in [0.05, 0.1) is 34.2 Å². The van der Waals surface area contributed by atoms with E-state index in [4.69, 9.17) is 0 Å². The fourth-order valence-corrected chi connectivity index (χ4v) is 2.78. The van der Waals surface area contributed by atoms with Gasteiger partial charge in [-0.3, -0.25) is 3.11 Å². The number of halogens is 1. The summed E-state index contributed by atoms with van der Waals surface area (Å²) in [7, 11) is 0. The Bertz CT molecular complexity index is 448. The van der Waals surface area contributed by atoms with Crippen LogP contribution in [0.4, 0.5) is 11.4 Å². The van der Waals surface area contributed by atoms with Gasteiger partial charge >= 0.3 is 0 Å². The summed E-state index contributed by atoms with van der Waals surface area (Å²) in [5.74, 6) is 0. The third-order valence-corrected chi connectivity index (χ3v) is 3.69. The van der Waals surface area contributed by atoms with Gasteiger partial charge in [0.2, 0.25) is 0 Å². The van der Waals surface area contributed by atoms with E-state index in [1.54, 1.807) is 0 Å². The minimum absolute atomic E-state index is 1.25. The lowest BCUT2D eigenvalue weighted by Crippen LogP contribution is -2.03. The molecule has 0 saturated carbocycles. The monoisotopic (exact) mass is 323 g/mol. The standard InChI is InChI=1S/C14H14IN/c1-11-7-3-5-9-13(11)16(15)14-10-6-4-8-12(14)2/h3-10H,1-2H3. The second-order valence-corrected chi connectivity index (χ2v) is 4.82. The maximum Gasteiger partial charge on any atom is 0.0646 e. The van der Waals surface area contributed by atoms with Crippen LogP contribution in [0.2, 0.25) is 0 Å². The molecule has 1 nitrogen and oxygen atoms in total. The van der Waals surface area contributed by atoms with Crippen molar-refractivity contribution in [3.05, 3.63) is 59.7 Å². The average Bonchev–Trinajstić information content (AvgIpc) is 2.29. The summed E-state index contributed by atoms with van der Waals surface area (Å²) >= 11 is 2.36. The zero-order valence-corrected chi connectivity index (χ0v) is 11.6. The molecule has 2 heteroatoms. The molecule has 82 valence electrons. The number of hydrogen-bond donors (Lipinski definition) is 0. The summed E-state index contributed by atoms with van der Waals surface area (Å²) in [6.45, 7) is 4.28. The summed E-state index contributed by atoms with van der Waals surface area (Å²) in [5.41, 5.74) is 5.08.